The predicted octanol–water partition coefficient (Wildman–Crippen LogP) is 2.35. The van der Waals surface area contributed by atoms with Gasteiger partial charge in [0.2, 0.25) is 5.65 Å². The highest BCUT2D eigenvalue weighted by Crippen LogP contribution is 2.25. The van der Waals surface area contributed by atoms with Gasteiger partial charge < -0.3 is 4.74 Å². The Kier molecular flexibility index (Phi) is 4.19. The zero-order chi connectivity index (χ0) is 16.5. The van der Waals surface area contributed by atoms with Gasteiger partial charge in [0, 0.05) is 6.07 Å². The molecule has 9 heteroatoms. The molecule has 0 N–H and O–H groups in total. The highest BCUT2D eigenvalue weighted by atomic mass is 35.5. The van der Waals surface area contributed by atoms with Crippen LogP contribution in [0, 0.1) is 18.3 Å². The van der Waals surface area contributed by atoms with Crippen LogP contribution in [-0.2, 0) is 4.74 Å². The second-order valence-electron chi connectivity index (χ2n) is 5.56. The molecule has 0 saturated carbocycles. The number of rotatable bonds is 2. The van der Waals surface area contributed by atoms with E-state index in [2.05, 4.69) is 15.3 Å². The number of carbonyl (C=O) groups is 1. The molecule has 8 nitrogen and oxygen atoms in total. The Bertz CT molecular complexity index is 758. The minimum atomic E-state index is -0.693. The van der Waals surface area contributed by atoms with Crippen LogP contribution >= 0.6 is 11.6 Å². The number of fused-ring (bicyclic) bond motifs is 1. The van der Waals surface area contributed by atoms with Crippen molar-refractivity contribution >= 4 is 29.0 Å². The smallest absolute Gasteiger partial charge is 0.415 e. The van der Waals surface area contributed by atoms with Crippen LogP contribution in [0.5, 0.6) is 0 Å². The average molecular weight is 323 g/mol. The number of hydrogen-bond donors (Lipinski definition) is 0. The van der Waals surface area contributed by atoms with Crippen molar-refractivity contribution in [1.29, 1.82) is 5.26 Å². The van der Waals surface area contributed by atoms with E-state index < -0.39 is 11.7 Å². The number of hydrogen-bond acceptors (Lipinski definition) is 6. The summed E-state index contributed by atoms with van der Waals surface area (Å²) in [5.74, 6) is 0.514. The topological polar surface area (TPSA) is 96.4 Å². The molecule has 1 amide bonds. The lowest BCUT2D eigenvalue weighted by molar-refractivity contribution is 0.0585. The van der Waals surface area contributed by atoms with Crippen LogP contribution in [0.4, 0.5) is 10.5 Å². The maximum absolute atomic E-state index is 12.3. The van der Waals surface area contributed by atoms with Crippen molar-refractivity contribution < 1.29 is 9.53 Å². The lowest BCUT2D eigenvalue weighted by atomic mass is 10.2. The highest BCUT2D eigenvalue weighted by Gasteiger charge is 2.26. The molecule has 0 unspecified atom stereocenters. The van der Waals surface area contributed by atoms with E-state index in [4.69, 9.17) is 21.6 Å². The first-order valence-electron chi connectivity index (χ1n) is 6.49. The summed E-state index contributed by atoms with van der Waals surface area (Å²) < 4.78 is 6.73. The van der Waals surface area contributed by atoms with Crippen LogP contribution in [0.1, 0.15) is 26.6 Å². The van der Waals surface area contributed by atoms with Crippen molar-refractivity contribution in [2.75, 3.05) is 11.4 Å². The van der Waals surface area contributed by atoms with Gasteiger partial charge in [0.15, 0.2) is 11.0 Å². The summed E-state index contributed by atoms with van der Waals surface area (Å²) >= 11 is 5.99. The molecule has 2 aromatic rings. The van der Waals surface area contributed by atoms with Crippen molar-refractivity contribution in [3.05, 3.63) is 17.0 Å². The van der Waals surface area contributed by atoms with Crippen molar-refractivity contribution in [2.24, 2.45) is 0 Å². The van der Waals surface area contributed by atoms with Gasteiger partial charge >= 0.3 is 6.09 Å². The molecule has 0 aliphatic heterocycles. The molecule has 0 aromatic carbocycles. The van der Waals surface area contributed by atoms with Gasteiger partial charge in [-0.15, -0.1) is 10.2 Å². The van der Waals surface area contributed by atoms with Crippen LogP contribution in [0.25, 0.3) is 5.65 Å². The van der Waals surface area contributed by atoms with E-state index >= 15 is 0 Å². The molecular formula is C13H15ClN6O2. The Morgan fingerprint density at radius 3 is 2.77 bits per heavy atom. The highest BCUT2D eigenvalue weighted by molar-refractivity contribution is 6.29. The van der Waals surface area contributed by atoms with Gasteiger partial charge in [0.25, 0.3) is 0 Å². The fourth-order valence-corrected chi connectivity index (χ4v) is 1.95. The van der Waals surface area contributed by atoms with E-state index in [9.17, 15) is 4.79 Å². The number of nitriles is 1. The Labute approximate surface area is 132 Å². The maximum atomic E-state index is 12.3. The van der Waals surface area contributed by atoms with Gasteiger partial charge in [-0.05, 0) is 27.7 Å². The molecular weight excluding hydrogens is 308 g/mol. The van der Waals surface area contributed by atoms with Crippen LogP contribution in [0.15, 0.2) is 6.07 Å². The summed E-state index contributed by atoms with van der Waals surface area (Å²) in [5.41, 5.74) is -0.0546. The van der Waals surface area contributed by atoms with Crippen molar-refractivity contribution in [3.63, 3.8) is 0 Å². The normalized spacial score (nSPS) is 11.3. The summed E-state index contributed by atoms with van der Waals surface area (Å²) in [7, 11) is 0. The third-order valence-electron chi connectivity index (χ3n) is 2.61. The number of ether oxygens (including phenoxy) is 1. The SMILES string of the molecule is Cc1nnc2c(N(CC#N)C(=O)OC(C)(C)C)cc(Cl)nn12. The Hall–Kier alpha value is -2.40. The first-order valence-corrected chi connectivity index (χ1v) is 6.87. The van der Waals surface area contributed by atoms with E-state index in [1.165, 1.54) is 10.6 Å². The van der Waals surface area contributed by atoms with Crippen LogP contribution in [0.3, 0.4) is 0 Å². The van der Waals surface area contributed by atoms with Gasteiger partial charge in [0.05, 0.1) is 11.8 Å². The molecule has 0 fully saturated rings. The van der Waals surface area contributed by atoms with Gasteiger partial charge in [-0.1, -0.05) is 11.6 Å². The number of aryl methyl sites for hydroxylation is 1. The molecule has 22 heavy (non-hydrogen) atoms. The molecule has 0 atom stereocenters. The standard InChI is InChI=1S/C13H15ClN6O2/c1-8-16-17-11-9(7-10(14)18-20(8)11)19(6-5-15)12(21)22-13(2,3)4/h7H,6H2,1-4H3. The first kappa shape index (κ1) is 16.0. The van der Waals surface area contributed by atoms with E-state index in [1.54, 1.807) is 27.7 Å². The fraction of sp³-hybridized carbons (Fsp3) is 0.462. The summed E-state index contributed by atoms with van der Waals surface area (Å²) in [6, 6.07) is 3.38. The number of carbonyl (C=O) groups excluding carboxylic acids is 1. The van der Waals surface area contributed by atoms with Crippen molar-refractivity contribution in [1.82, 2.24) is 19.8 Å². The van der Waals surface area contributed by atoms with Gasteiger partial charge in [-0.25, -0.2) is 4.79 Å². The second kappa shape index (κ2) is 5.77. The second-order valence-corrected chi connectivity index (χ2v) is 5.95. The number of anilines is 1. The summed E-state index contributed by atoms with van der Waals surface area (Å²) in [6.45, 7) is 6.72. The summed E-state index contributed by atoms with van der Waals surface area (Å²) in [4.78, 5) is 13.5. The third kappa shape index (κ3) is 3.26. The Balaban J connectivity index is 2.54. The average Bonchev–Trinajstić information content (AvgIpc) is 2.75. The lowest BCUT2D eigenvalue weighted by Crippen LogP contribution is -2.37. The predicted molar refractivity (Wildman–Crippen MR) is 79.7 cm³/mol. The molecule has 0 spiro atoms. The van der Waals surface area contributed by atoms with Gasteiger partial charge in [-0.3, -0.25) is 4.90 Å². The third-order valence-corrected chi connectivity index (χ3v) is 2.80. The number of nitrogens with zero attached hydrogens (tertiary/aromatic N) is 6. The van der Waals surface area contributed by atoms with E-state index in [1.807, 2.05) is 6.07 Å². The number of aromatic nitrogens is 4. The molecule has 0 bridgehead atoms. The van der Waals surface area contributed by atoms with Gasteiger partial charge in [-0.2, -0.15) is 14.9 Å². The minimum absolute atomic E-state index is 0.150. The quantitative estimate of drug-likeness (QED) is 0.787. The van der Waals surface area contributed by atoms with Crippen LogP contribution < -0.4 is 4.90 Å². The van der Waals surface area contributed by atoms with Crippen molar-refractivity contribution in [2.45, 2.75) is 33.3 Å². The fourth-order valence-electron chi connectivity index (χ4n) is 1.77. The van der Waals surface area contributed by atoms with E-state index in [-0.39, 0.29) is 11.7 Å². The lowest BCUT2D eigenvalue weighted by Gasteiger charge is -2.25. The molecule has 2 heterocycles. The largest absolute Gasteiger partial charge is 0.443 e. The molecule has 2 rings (SSSR count). The summed E-state index contributed by atoms with van der Waals surface area (Å²) in [5, 5.41) is 21.1. The Morgan fingerprint density at radius 1 is 1.50 bits per heavy atom. The zero-order valence-electron chi connectivity index (χ0n) is 12.7. The minimum Gasteiger partial charge on any atom is -0.443 e. The molecule has 0 saturated heterocycles. The maximum Gasteiger partial charge on any atom is 0.415 e. The molecule has 0 aliphatic carbocycles. The number of halogens is 1. The van der Waals surface area contributed by atoms with Gasteiger partial charge in [0.1, 0.15) is 12.1 Å². The molecule has 116 valence electrons. The first-order chi connectivity index (χ1) is 10.2. The molecule has 2 aromatic heterocycles. The monoisotopic (exact) mass is 322 g/mol. The van der Waals surface area contributed by atoms with E-state index in [0.29, 0.717) is 17.2 Å². The van der Waals surface area contributed by atoms with Crippen LogP contribution in [-0.4, -0.2) is 38.1 Å². The summed E-state index contributed by atoms with van der Waals surface area (Å²) in [6.07, 6.45) is -0.668. The van der Waals surface area contributed by atoms with Crippen LogP contribution in [0.2, 0.25) is 5.15 Å². The number of amides is 1. The van der Waals surface area contributed by atoms with Crippen molar-refractivity contribution in [3.8, 4) is 6.07 Å². The zero-order valence-corrected chi connectivity index (χ0v) is 13.4. The Morgan fingerprint density at radius 2 is 2.18 bits per heavy atom. The van der Waals surface area contributed by atoms with E-state index in [0.717, 1.165) is 4.90 Å². The molecule has 0 radical (unpaired) electrons. The molecule has 0 aliphatic rings.